The largest absolute Gasteiger partial charge is 0.347 e. The van der Waals surface area contributed by atoms with Crippen molar-refractivity contribution >= 4 is 17.2 Å². The van der Waals surface area contributed by atoms with Crippen molar-refractivity contribution in [1.82, 2.24) is 20.1 Å². The van der Waals surface area contributed by atoms with Gasteiger partial charge >= 0.3 is 0 Å². The highest BCUT2D eigenvalue weighted by Crippen LogP contribution is 2.12. The normalized spacial score (nSPS) is 16.2. The second kappa shape index (κ2) is 7.88. The molecule has 2 aromatic rings. The average Bonchev–Trinajstić information content (AvgIpc) is 3.03. The molecular formula is C18H24N4OS. The molecule has 1 aliphatic rings. The zero-order valence-electron chi connectivity index (χ0n) is 14.3. The summed E-state index contributed by atoms with van der Waals surface area (Å²) < 4.78 is 0. The molecule has 1 saturated heterocycles. The zero-order chi connectivity index (χ0) is 16.9. The van der Waals surface area contributed by atoms with Crippen LogP contribution in [0, 0.1) is 6.92 Å². The van der Waals surface area contributed by atoms with E-state index in [-0.39, 0.29) is 5.91 Å². The second-order valence-electron chi connectivity index (χ2n) is 6.32. The molecule has 1 aromatic heterocycles. The van der Waals surface area contributed by atoms with Crippen LogP contribution in [0.4, 0.5) is 0 Å². The van der Waals surface area contributed by atoms with Gasteiger partial charge in [0.15, 0.2) is 0 Å². The Morgan fingerprint density at radius 1 is 1.17 bits per heavy atom. The molecule has 0 spiro atoms. The van der Waals surface area contributed by atoms with Gasteiger partial charge < -0.3 is 10.2 Å². The van der Waals surface area contributed by atoms with Crippen molar-refractivity contribution in [3.05, 3.63) is 51.5 Å². The SMILES string of the molecule is Cc1ncc(C(=O)NCc2ccc(CN3CCN(C)CC3)cc2)s1. The monoisotopic (exact) mass is 344 g/mol. The maximum absolute atomic E-state index is 12.0. The summed E-state index contributed by atoms with van der Waals surface area (Å²) in [6.45, 7) is 7.99. The molecule has 1 N–H and O–H groups in total. The Bertz CT molecular complexity index is 675. The summed E-state index contributed by atoms with van der Waals surface area (Å²) in [5.74, 6) is -0.0536. The number of amides is 1. The lowest BCUT2D eigenvalue weighted by atomic mass is 10.1. The molecule has 0 radical (unpaired) electrons. The minimum atomic E-state index is -0.0536. The van der Waals surface area contributed by atoms with Crippen LogP contribution in [0.3, 0.4) is 0 Å². The van der Waals surface area contributed by atoms with E-state index in [1.54, 1.807) is 6.20 Å². The first-order chi connectivity index (χ1) is 11.6. The molecule has 5 nitrogen and oxygen atoms in total. The molecule has 1 aromatic carbocycles. The molecule has 6 heteroatoms. The summed E-state index contributed by atoms with van der Waals surface area (Å²) in [6.07, 6.45) is 1.63. The van der Waals surface area contributed by atoms with Crippen LogP contribution >= 0.6 is 11.3 Å². The van der Waals surface area contributed by atoms with Gasteiger partial charge in [0.25, 0.3) is 5.91 Å². The smallest absolute Gasteiger partial charge is 0.263 e. The van der Waals surface area contributed by atoms with Crippen LogP contribution in [0.25, 0.3) is 0 Å². The third-order valence-electron chi connectivity index (χ3n) is 4.32. The fourth-order valence-corrected chi connectivity index (χ4v) is 3.46. The van der Waals surface area contributed by atoms with Gasteiger partial charge in [0, 0.05) is 39.3 Å². The van der Waals surface area contributed by atoms with E-state index >= 15 is 0 Å². The minimum absolute atomic E-state index is 0.0536. The minimum Gasteiger partial charge on any atom is -0.347 e. The van der Waals surface area contributed by atoms with E-state index in [0.717, 1.165) is 43.3 Å². The first-order valence-corrected chi connectivity index (χ1v) is 9.11. The van der Waals surface area contributed by atoms with Crippen LogP contribution in [0.5, 0.6) is 0 Å². The molecule has 1 amide bonds. The third-order valence-corrected chi connectivity index (χ3v) is 5.23. The van der Waals surface area contributed by atoms with Crippen LogP contribution in [0.15, 0.2) is 30.5 Å². The van der Waals surface area contributed by atoms with Gasteiger partial charge in [0.2, 0.25) is 0 Å². The molecule has 1 aliphatic heterocycles. The van der Waals surface area contributed by atoms with E-state index in [2.05, 4.69) is 51.4 Å². The summed E-state index contributed by atoms with van der Waals surface area (Å²) >= 11 is 1.42. The Balaban J connectivity index is 1.48. The Morgan fingerprint density at radius 3 is 2.46 bits per heavy atom. The standard InChI is InChI=1S/C18H24N4OS/c1-14-19-12-17(24-14)18(23)20-11-15-3-5-16(6-4-15)13-22-9-7-21(2)8-10-22/h3-6,12H,7-11,13H2,1-2H3,(H,20,23). The zero-order valence-corrected chi connectivity index (χ0v) is 15.1. The topological polar surface area (TPSA) is 48.5 Å². The second-order valence-corrected chi connectivity index (χ2v) is 7.56. The van der Waals surface area contributed by atoms with Crippen molar-refractivity contribution < 1.29 is 4.79 Å². The van der Waals surface area contributed by atoms with Gasteiger partial charge in [0.05, 0.1) is 11.2 Å². The molecular weight excluding hydrogens is 320 g/mol. The van der Waals surface area contributed by atoms with Crippen LogP contribution in [0.2, 0.25) is 0 Å². The Hall–Kier alpha value is -1.76. The summed E-state index contributed by atoms with van der Waals surface area (Å²) in [7, 11) is 2.17. The van der Waals surface area contributed by atoms with Gasteiger partial charge in [-0.05, 0) is 25.1 Å². The molecule has 3 rings (SSSR count). The fraction of sp³-hybridized carbons (Fsp3) is 0.444. The van der Waals surface area contributed by atoms with E-state index < -0.39 is 0 Å². The molecule has 2 heterocycles. The predicted octanol–water partition coefficient (Wildman–Crippen LogP) is 2.13. The van der Waals surface area contributed by atoms with E-state index in [0.29, 0.717) is 11.4 Å². The van der Waals surface area contributed by atoms with Crippen LogP contribution < -0.4 is 5.32 Å². The first-order valence-electron chi connectivity index (χ1n) is 8.29. The number of rotatable bonds is 5. The number of hydrogen-bond donors (Lipinski definition) is 1. The number of benzene rings is 1. The molecule has 0 unspecified atom stereocenters. The summed E-state index contributed by atoms with van der Waals surface area (Å²) in [6, 6.07) is 8.53. The number of piperazine rings is 1. The number of aromatic nitrogens is 1. The van der Waals surface area contributed by atoms with E-state index in [1.807, 2.05) is 6.92 Å². The van der Waals surface area contributed by atoms with Crippen LogP contribution in [-0.2, 0) is 13.1 Å². The Morgan fingerprint density at radius 2 is 1.83 bits per heavy atom. The number of aryl methyl sites for hydroxylation is 1. The van der Waals surface area contributed by atoms with Crippen molar-refractivity contribution in [2.75, 3.05) is 33.2 Å². The number of thiazole rings is 1. The quantitative estimate of drug-likeness (QED) is 0.903. The molecule has 1 fully saturated rings. The van der Waals surface area contributed by atoms with Crippen LogP contribution in [0.1, 0.15) is 25.8 Å². The summed E-state index contributed by atoms with van der Waals surface area (Å²) in [5.41, 5.74) is 2.44. The number of carbonyl (C=O) groups excluding carboxylic acids is 1. The van der Waals surface area contributed by atoms with E-state index in [1.165, 1.54) is 16.9 Å². The lowest BCUT2D eigenvalue weighted by molar-refractivity contribution is 0.0955. The molecule has 0 aliphatic carbocycles. The molecule has 0 saturated carbocycles. The Labute approximate surface area is 147 Å². The lowest BCUT2D eigenvalue weighted by Crippen LogP contribution is -2.43. The number of carbonyl (C=O) groups is 1. The number of nitrogens with one attached hydrogen (secondary N) is 1. The number of nitrogens with zero attached hydrogens (tertiary/aromatic N) is 3. The highest BCUT2D eigenvalue weighted by atomic mass is 32.1. The molecule has 0 atom stereocenters. The molecule has 24 heavy (non-hydrogen) atoms. The predicted molar refractivity (Wildman–Crippen MR) is 97.2 cm³/mol. The van der Waals surface area contributed by atoms with Crippen molar-refractivity contribution in [1.29, 1.82) is 0 Å². The van der Waals surface area contributed by atoms with Crippen molar-refractivity contribution in [2.24, 2.45) is 0 Å². The van der Waals surface area contributed by atoms with Gasteiger partial charge in [-0.25, -0.2) is 4.98 Å². The van der Waals surface area contributed by atoms with Crippen molar-refractivity contribution in [3.8, 4) is 0 Å². The maximum Gasteiger partial charge on any atom is 0.263 e. The van der Waals surface area contributed by atoms with Crippen molar-refractivity contribution in [2.45, 2.75) is 20.0 Å². The first kappa shape index (κ1) is 17.1. The van der Waals surface area contributed by atoms with Gasteiger partial charge in [-0.3, -0.25) is 9.69 Å². The molecule has 128 valence electrons. The van der Waals surface area contributed by atoms with Gasteiger partial charge in [-0.2, -0.15) is 0 Å². The fourth-order valence-electron chi connectivity index (χ4n) is 2.76. The van der Waals surface area contributed by atoms with Gasteiger partial charge in [0.1, 0.15) is 4.88 Å². The number of hydrogen-bond acceptors (Lipinski definition) is 5. The van der Waals surface area contributed by atoms with Crippen LogP contribution in [-0.4, -0.2) is 53.9 Å². The van der Waals surface area contributed by atoms with Gasteiger partial charge in [-0.1, -0.05) is 24.3 Å². The number of likely N-dealkylation sites (N-methyl/N-ethyl adjacent to an activating group) is 1. The molecule has 0 bridgehead atoms. The summed E-state index contributed by atoms with van der Waals surface area (Å²) in [5, 5.41) is 3.86. The van der Waals surface area contributed by atoms with E-state index in [4.69, 9.17) is 0 Å². The Kier molecular flexibility index (Phi) is 5.60. The van der Waals surface area contributed by atoms with Crippen molar-refractivity contribution in [3.63, 3.8) is 0 Å². The highest BCUT2D eigenvalue weighted by Gasteiger charge is 2.13. The highest BCUT2D eigenvalue weighted by molar-refractivity contribution is 7.13. The van der Waals surface area contributed by atoms with E-state index in [9.17, 15) is 4.79 Å². The third kappa shape index (κ3) is 4.63. The summed E-state index contributed by atoms with van der Waals surface area (Å²) in [4.78, 5) is 21.7. The maximum atomic E-state index is 12.0. The lowest BCUT2D eigenvalue weighted by Gasteiger charge is -2.32. The van der Waals surface area contributed by atoms with Gasteiger partial charge in [-0.15, -0.1) is 11.3 Å². The average molecular weight is 344 g/mol.